The predicted octanol–water partition coefficient (Wildman–Crippen LogP) is 3.74. The number of benzene rings is 1. The Balaban J connectivity index is 1.72. The van der Waals surface area contributed by atoms with Crippen LogP contribution in [0.5, 0.6) is 5.75 Å². The Morgan fingerprint density at radius 1 is 1.34 bits per heavy atom. The van der Waals surface area contributed by atoms with Gasteiger partial charge in [-0.15, -0.1) is 0 Å². The van der Waals surface area contributed by atoms with E-state index in [1.807, 2.05) is 30.4 Å². The van der Waals surface area contributed by atoms with Gasteiger partial charge >= 0.3 is 0 Å². The van der Waals surface area contributed by atoms with Crippen LogP contribution in [0, 0.1) is 11.8 Å². The molecule has 5 atom stereocenters. The van der Waals surface area contributed by atoms with Gasteiger partial charge in [-0.1, -0.05) is 23.7 Å². The maximum atomic E-state index is 10.5. The van der Waals surface area contributed by atoms with E-state index >= 15 is 0 Å². The van der Waals surface area contributed by atoms with Crippen LogP contribution in [0.3, 0.4) is 0 Å². The number of hydrogen-bond donors (Lipinski definition) is 1. The third kappa shape index (κ3) is 5.94. The fourth-order valence-corrected chi connectivity index (χ4v) is 4.31. The molecule has 1 saturated heterocycles. The molecule has 6 nitrogen and oxygen atoms in total. The van der Waals surface area contributed by atoms with Crippen molar-refractivity contribution in [2.45, 2.75) is 30.8 Å². The molecule has 1 aromatic rings. The van der Waals surface area contributed by atoms with E-state index in [4.69, 9.17) is 35.1 Å². The van der Waals surface area contributed by atoms with Gasteiger partial charge in [0, 0.05) is 26.8 Å². The smallest absolute Gasteiger partial charge is 0.223 e. The van der Waals surface area contributed by atoms with Gasteiger partial charge in [-0.25, -0.2) is 0 Å². The Morgan fingerprint density at radius 3 is 2.83 bits per heavy atom. The van der Waals surface area contributed by atoms with Crippen LogP contribution < -0.4 is 4.74 Å². The van der Waals surface area contributed by atoms with Crippen molar-refractivity contribution in [3.63, 3.8) is 0 Å². The highest BCUT2D eigenvalue weighted by Gasteiger charge is 2.42. The first-order valence-electron chi connectivity index (χ1n) is 9.64. The van der Waals surface area contributed by atoms with Crippen LogP contribution in [0.1, 0.15) is 12.8 Å². The minimum Gasteiger partial charge on any atom is -0.505 e. The molecule has 0 bridgehead atoms. The lowest BCUT2D eigenvalue weighted by Crippen LogP contribution is -2.35. The summed E-state index contributed by atoms with van der Waals surface area (Å²) in [6.45, 7) is 1.17. The van der Waals surface area contributed by atoms with Crippen LogP contribution in [-0.2, 0) is 18.7 Å². The molecular weight excluding hydrogens is 415 g/mol. The fraction of sp³-hybridized carbons (Fsp3) is 0.524. The van der Waals surface area contributed by atoms with E-state index in [1.165, 1.54) is 0 Å². The summed E-state index contributed by atoms with van der Waals surface area (Å²) in [5.74, 6) is -0.321. The lowest BCUT2D eigenvalue weighted by Gasteiger charge is -2.26. The molecule has 29 heavy (non-hydrogen) atoms. The second-order valence-corrected chi connectivity index (χ2v) is 7.88. The van der Waals surface area contributed by atoms with Crippen LogP contribution in [0.2, 0.25) is 5.02 Å². The molecule has 3 unspecified atom stereocenters. The SMILES string of the molecule is COC=CC[C@H]1C(O)CC(OP)[C@@H]1C=CC1(COc2cccc(Cl)c2)OCCO1. The first kappa shape index (κ1) is 22.5. The predicted molar refractivity (Wildman–Crippen MR) is 114 cm³/mol. The first-order chi connectivity index (χ1) is 14.1. The third-order valence-electron chi connectivity index (χ3n) is 5.29. The molecule has 1 aliphatic carbocycles. The Hall–Kier alpha value is -1.14. The molecule has 1 aromatic carbocycles. The molecule has 0 spiro atoms. The van der Waals surface area contributed by atoms with E-state index < -0.39 is 11.9 Å². The minimum atomic E-state index is -0.978. The molecule has 0 radical (unpaired) electrons. The van der Waals surface area contributed by atoms with Crippen molar-refractivity contribution in [3.8, 4) is 5.75 Å². The number of methoxy groups -OCH3 is 1. The zero-order valence-corrected chi connectivity index (χ0v) is 18.3. The molecule has 8 heteroatoms. The molecule has 1 heterocycles. The molecule has 1 N–H and O–H groups in total. The lowest BCUT2D eigenvalue weighted by molar-refractivity contribution is -0.139. The maximum absolute atomic E-state index is 10.5. The van der Waals surface area contributed by atoms with Crippen molar-refractivity contribution >= 4 is 21.1 Å². The number of aliphatic hydroxyl groups is 1. The molecular formula is C21H28ClO6P. The van der Waals surface area contributed by atoms with Gasteiger partial charge in [0.05, 0.1) is 38.8 Å². The van der Waals surface area contributed by atoms with Gasteiger partial charge in [-0.3, -0.25) is 0 Å². The van der Waals surface area contributed by atoms with Crippen molar-refractivity contribution in [3.05, 3.63) is 53.8 Å². The summed E-state index contributed by atoms with van der Waals surface area (Å²) in [5, 5.41) is 11.1. The van der Waals surface area contributed by atoms with E-state index in [9.17, 15) is 5.11 Å². The normalized spacial score (nSPS) is 29.1. The molecule has 1 saturated carbocycles. The van der Waals surface area contributed by atoms with Crippen LogP contribution >= 0.6 is 21.1 Å². The van der Waals surface area contributed by atoms with Gasteiger partial charge in [0.25, 0.3) is 0 Å². The summed E-state index contributed by atoms with van der Waals surface area (Å²) in [6, 6.07) is 7.20. The number of allylic oxidation sites excluding steroid dienone is 1. The Bertz CT molecular complexity index is 706. The highest BCUT2D eigenvalue weighted by atomic mass is 35.5. The summed E-state index contributed by atoms with van der Waals surface area (Å²) < 4.78 is 28.1. The lowest BCUT2D eigenvalue weighted by atomic mass is 9.90. The molecule has 0 amide bonds. The van der Waals surface area contributed by atoms with Crippen molar-refractivity contribution in [1.82, 2.24) is 0 Å². The van der Waals surface area contributed by atoms with E-state index in [-0.39, 0.29) is 24.5 Å². The first-order valence-corrected chi connectivity index (χ1v) is 10.5. The van der Waals surface area contributed by atoms with Crippen LogP contribution in [0.4, 0.5) is 0 Å². The Labute approximate surface area is 179 Å². The molecule has 0 aromatic heterocycles. The number of ether oxygens (including phenoxy) is 4. The van der Waals surface area contributed by atoms with Crippen molar-refractivity contribution < 1.29 is 28.6 Å². The summed E-state index contributed by atoms with van der Waals surface area (Å²) in [6.07, 6.45) is 8.13. The summed E-state index contributed by atoms with van der Waals surface area (Å²) in [5.41, 5.74) is 0. The van der Waals surface area contributed by atoms with Crippen LogP contribution in [0.25, 0.3) is 0 Å². The average molecular weight is 443 g/mol. The van der Waals surface area contributed by atoms with Gasteiger partial charge in [0.1, 0.15) is 12.4 Å². The highest BCUT2D eigenvalue weighted by molar-refractivity contribution is 7.09. The molecule has 2 fully saturated rings. The van der Waals surface area contributed by atoms with E-state index in [0.29, 0.717) is 36.8 Å². The molecule has 3 rings (SSSR count). The third-order valence-corrected chi connectivity index (χ3v) is 5.88. The largest absolute Gasteiger partial charge is 0.505 e. The Kier molecular flexibility index (Phi) is 8.36. The highest BCUT2D eigenvalue weighted by Crippen LogP contribution is 2.39. The van der Waals surface area contributed by atoms with Crippen molar-refractivity contribution in [2.24, 2.45) is 11.8 Å². The fourth-order valence-electron chi connectivity index (χ4n) is 3.83. The average Bonchev–Trinajstić information content (AvgIpc) is 3.30. The Morgan fingerprint density at radius 2 is 2.14 bits per heavy atom. The van der Waals surface area contributed by atoms with Crippen molar-refractivity contribution in [1.29, 1.82) is 0 Å². The van der Waals surface area contributed by atoms with Gasteiger partial charge in [-0.2, -0.15) is 0 Å². The monoisotopic (exact) mass is 442 g/mol. The standard InChI is InChI=1S/C21H28ClO6P/c1-24-9-3-6-17-18(20(28-29)13-19(17)23)7-8-21(26-10-11-27-21)14-25-16-5-2-4-15(22)12-16/h2-5,7-9,12,17-20,23H,6,10-11,13-14,29H2,1H3/t17-,18-,19?,20?/m1/s1. The molecule has 160 valence electrons. The van der Waals surface area contributed by atoms with E-state index in [1.54, 1.807) is 25.5 Å². The maximum Gasteiger partial charge on any atom is 0.223 e. The minimum absolute atomic E-state index is 0.000138. The number of halogens is 1. The van der Waals surface area contributed by atoms with Gasteiger partial charge in [0.2, 0.25) is 5.79 Å². The summed E-state index contributed by atoms with van der Waals surface area (Å²) in [4.78, 5) is 0. The van der Waals surface area contributed by atoms with Gasteiger partial charge in [-0.05, 0) is 42.7 Å². The van der Waals surface area contributed by atoms with Crippen LogP contribution in [0.15, 0.2) is 48.8 Å². The molecule has 1 aliphatic heterocycles. The topological polar surface area (TPSA) is 66.4 Å². The molecule has 2 aliphatic rings. The van der Waals surface area contributed by atoms with Gasteiger partial charge in [0.15, 0.2) is 0 Å². The van der Waals surface area contributed by atoms with Gasteiger partial charge < -0.3 is 28.6 Å². The number of rotatable bonds is 9. The summed E-state index contributed by atoms with van der Waals surface area (Å²) >= 11 is 6.03. The van der Waals surface area contributed by atoms with E-state index in [2.05, 4.69) is 9.47 Å². The number of aliphatic hydroxyl groups excluding tert-OH is 1. The quantitative estimate of drug-likeness (QED) is 0.357. The summed E-state index contributed by atoms with van der Waals surface area (Å²) in [7, 11) is 3.91. The second-order valence-electron chi connectivity index (χ2n) is 7.18. The number of hydrogen-bond acceptors (Lipinski definition) is 6. The second kappa shape index (κ2) is 10.8. The van der Waals surface area contributed by atoms with E-state index in [0.717, 1.165) is 0 Å². The zero-order valence-electron chi connectivity index (χ0n) is 16.4. The van der Waals surface area contributed by atoms with Crippen LogP contribution in [-0.4, -0.2) is 50.0 Å². The zero-order chi connectivity index (χ0) is 20.7. The van der Waals surface area contributed by atoms with Crippen molar-refractivity contribution in [2.75, 3.05) is 26.9 Å².